The van der Waals surface area contributed by atoms with E-state index in [4.69, 9.17) is 16.3 Å². The summed E-state index contributed by atoms with van der Waals surface area (Å²) >= 11 is 6.13. The van der Waals surface area contributed by atoms with Crippen LogP contribution in [0.5, 0.6) is 5.75 Å². The molecule has 1 atom stereocenters. The maximum atomic E-state index is 13.0. The molecule has 8 heteroatoms. The van der Waals surface area contributed by atoms with Gasteiger partial charge in [-0.2, -0.15) is 4.31 Å². The van der Waals surface area contributed by atoms with E-state index in [0.717, 1.165) is 5.56 Å². The molecule has 1 aliphatic rings. The molecule has 1 heterocycles. The maximum Gasteiger partial charge on any atom is 0.243 e. The fraction of sp³-hybridized carbons (Fsp3) is 0.381. The average molecular weight is 437 g/mol. The van der Waals surface area contributed by atoms with Crippen LogP contribution in [0.3, 0.4) is 0 Å². The summed E-state index contributed by atoms with van der Waals surface area (Å²) in [6.07, 6.45) is 1.30. The molecule has 2 aromatic rings. The van der Waals surface area contributed by atoms with Crippen molar-refractivity contribution in [2.75, 3.05) is 19.7 Å². The minimum Gasteiger partial charge on any atom is -0.494 e. The largest absolute Gasteiger partial charge is 0.494 e. The summed E-state index contributed by atoms with van der Waals surface area (Å²) in [7, 11) is -3.66. The SMILES string of the molecule is CCOc1ccc(S(=O)(=O)N2CCC[C@H](C(=O)NCc3ccccc3Cl)C2)cc1. The van der Waals surface area contributed by atoms with E-state index < -0.39 is 10.0 Å². The lowest BCUT2D eigenvalue weighted by Crippen LogP contribution is -2.45. The van der Waals surface area contributed by atoms with Gasteiger partial charge in [0.05, 0.1) is 17.4 Å². The molecule has 0 aromatic heterocycles. The molecule has 0 saturated carbocycles. The Labute approximate surface area is 176 Å². The third-order valence-electron chi connectivity index (χ3n) is 4.94. The number of carbonyl (C=O) groups is 1. The normalized spacial score (nSPS) is 17.7. The van der Waals surface area contributed by atoms with E-state index in [2.05, 4.69) is 5.32 Å². The topological polar surface area (TPSA) is 75.7 Å². The first-order chi connectivity index (χ1) is 13.9. The van der Waals surface area contributed by atoms with Gasteiger partial charge in [0.25, 0.3) is 0 Å². The zero-order valence-corrected chi connectivity index (χ0v) is 17.9. The number of rotatable bonds is 7. The predicted octanol–water partition coefficient (Wildman–Crippen LogP) is 3.46. The van der Waals surface area contributed by atoms with Gasteiger partial charge in [-0.1, -0.05) is 29.8 Å². The first-order valence-electron chi connectivity index (χ1n) is 9.66. The first kappa shape index (κ1) is 21.6. The highest BCUT2D eigenvalue weighted by Crippen LogP contribution is 2.25. The van der Waals surface area contributed by atoms with Crippen molar-refractivity contribution in [3.8, 4) is 5.75 Å². The molecule has 1 amide bonds. The zero-order valence-electron chi connectivity index (χ0n) is 16.3. The molecular formula is C21H25ClN2O4S. The molecule has 156 valence electrons. The molecule has 3 rings (SSSR count). The molecule has 0 unspecified atom stereocenters. The van der Waals surface area contributed by atoms with Crippen molar-refractivity contribution in [2.45, 2.75) is 31.2 Å². The van der Waals surface area contributed by atoms with Gasteiger partial charge in [-0.05, 0) is 55.7 Å². The summed E-state index contributed by atoms with van der Waals surface area (Å²) in [6.45, 7) is 3.28. The number of nitrogens with one attached hydrogen (secondary N) is 1. The molecule has 2 aromatic carbocycles. The highest BCUT2D eigenvalue weighted by Gasteiger charge is 2.33. The van der Waals surface area contributed by atoms with Crippen molar-refractivity contribution in [2.24, 2.45) is 5.92 Å². The molecular weight excluding hydrogens is 412 g/mol. The minimum absolute atomic E-state index is 0.156. The van der Waals surface area contributed by atoms with Gasteiger partial charge in [0.15, 0.2) is 0 Å². The van der Waals surface area contributed by atoms with Crippen molar-refractivity contribution in [3.63, 3.8) is 0 Å². The van der Waals surface area contributed by atoms with E-state index in [9.17, 15) is 13.2 Å². The van der Waals surface area contributed by atoms with Crippen molar-refractivity contribution in [1.29, 1.82) is 0 Å². The van der Waals surface area contributed by atoms with Crippen LogP contribution in [0.4, 0.5) is 0 Å². The number of nitrogens with zero attached hydrogens (tertiary/aromatic N) is 1. The summed E-state index contributed by atoms with van der Waals surface area (Å²) in [6, 6.07) is 13.7. The van der Waals surface area contributed by atoms with Crippen LogP contribution >= 0.6 is 11.6 Å². The Bertz CT molecular complexity index is 947. The van der Waals surface area contributed by atoms with Crippen molar-refractivity contribution >= 4 is 27.5 Å². The minimum atomic E-state index is -3.66. The number of amides is 1. The Balaban J connectivity index is 1.64. The lowest BCUT2D eigenvalue weighted by Gasteiger charge is -2.31. The monoisotopic (exact) mass is 436 g/mol. The number of sulfonamides is 1. The lowest BCUT2D eigenvalue weighted by molar-refractivity contribution is -0.126. The molecule has 0 bridgehead atoms. The van der Waals surface area contributed by atoms with E-state index in [0.29, 0.717) is 43.3 Å². The molecule has 6 nitrogen and oxygen atoms in total. The number of benzene rings is 2. The number of halogens is 1. The third kappa shape index (κ3) is 5.29. The Morgan fingerprint density at radius 3 is 2.62 bits per heavy atom. The van der Waals surface area contributed by atoms with Crippen LogP contribution in [0.1, 0.15) is 25.3 Å². The van der Waals surface area contributed by atoms with E-state index in [1.165, 1.54) is 4.31 Å². The molecule has 1 N–H and O–H groups in total. The Kier molecular flexibility index (Phi) is 7.16. The lowest BCUT2D eigenvalue weighted by atomic mass is 9.99. The Morgan fingerprint density at radius 2 is 1.93 bits per heavy atom. The van der Waals surface area contributed by atoms with Gasteiger partial charge >= 0.3 is 0 Å². The average Bonchev–Trinajstić information content (AvgIpc) is 2.74. The maximum absolute atomic E-state index is 13.0. The molecule has 29 heavy (non-hydrogen) atoms. The summed E-state index contributed by atoms with van der Waals surface area (Å²) < 4.78 is 32.7. The second kappa shape index (κ2) is 9.61. The van der Waals surface area contributed by atoms with Crippen LogP contribution in [0, 0.1) is 5.92 Å². The quantitative estimate of drug-likeness (QED) is 0.721. The van der Waals surface area contributed by atoms with E-state index in [1.807, 2.05) is 25.1 Å². The van der Waals surface area contributed by atoms with Gasteiger partial charge in [-0.15, -0.1) is 0 Å². The summed E-state index contributed by atoms with van der Waals surface area (Å²) in [4.78, 5) is 12.8. The first-order valence-corrected chi connectivity index (χ1v) is 11.5. The molecule has 0 radical (unpaired) electrons. The number of carbonyl (C=O) groups excluding carboxylic acids is 1. The molecule has 1 aliphatic heterocycles. The van der Waals surface area contributed by atoms with Crippen molar-refractivity contribution < 1.29 is 17.9 Å². The van der Waals surface area contributed by atoms with Crippen LogP contribution in [0.15, 0.2) is 53.4 Å². The summed E-state index contributed by atoms with van der Waals surface area (Å²) in [5.74, 6) is 0.0853. The fourth-order valence-corrected chi connectivity index (χ4v) is 5.09. The van der Waals surface area contributed by atoms with E-state index >= 15 is 0 Å². The van der Waals surface area contributed by atoms with Crippen LogP contribution in [-0.2, 0) is 21.4 Å². The molecule has 0 spiro atoms. The van der Waals surface area contributed by atoms with Crippen LogP contribution in [-0.4, -0.2) is 38.3 Å². The van der Waals surface area contributed by atoms with Crippen LogP contribution in [0.25, 0.3) is 0 Å². The molecule has 1 saturated heterocycles. The smallest absolute Gasteiger partial charge is 0.243 e. The van der Waals surface area contributed by atoms with Crippen LogP contribution in [0.2, 0.25) is 5.02 Å². The van der Waals surface area contributed by atoms with Gasteiger partial charge in [0.1, 0.15) is 5.75 Å². The molecule has 1 fully saturated rings. The number of ether oxygens (including phenoxy) is 1. The zero-order chi connectivity index (χ0) is 20.9. The predicted molar refractivity (Wildman–Crippen MR) is 112 cm³/mol. The summed E-state index contributed by atoms with van der Waals surface area (Å²) in [5, 5.41) is 3.48. The third-order valence-corrected chi connectivity index (χ3v) is 7.19. The Morgan fingerprint density at radius 1 is 1.21 bits per heavy atom. The second-order valence-electron chi connectivity index (χ2n) is 6.92. The fourth-order valence-electron chi connectivity index (χ4n) is 3.37. The summed E-state index contributed by atoms with van der Waals surface area (Å²) in [5.41, 5.74) is 0.831. The van der Waals surface area contributed by atoms with Gasteiger partial charge in [-0.25, -0.2) is 8.42 Å². The standard InChI is InChI=1S/C21H25ClN2O4S/c1-2-28-18-9-11-19(12-10-18)29(26,27)24-13-5-7-17(15-24)21(25)23-14-16-6-3-4-8-20(16)22/h3-4,6,8-12,17H,2,5,7,13-15H2,1H3,(H,23,25)/t17-/m0/s1. The number of hydrogen-bond donors (Lipinski definition) is 1. The van der Waals surface area contributed by atoms with E-state index in [1.54, 1.807) is 30.3 Å². The highest BCUT2D eigenvalue weighted by molar-refractivity contribution is 7.89. The van der Waals surface area contributed by atoms with Gasteiger partial charge < -0.3 is 10.1 Å². The second-order valence-corrected chi connectivity index (χ2v) is 9.26. The van der Waals surface area contributed by atoms with Crippen molar-refractivity contribution in [3.05, 3.63) is 59.1 Å². The van der Waals surface area contributed by atoms with Gasteiger partial charge in [0.2, 0.25) is 15.9 Å². The number of piperidine rings is 1. The van der Waals surface area contributed by atoms with E-state index in [-0.39, 0.29) is 23.3 Å². The van der Waals surface area contributed by atoms with Gasteiger partial charge in [-0.3, -0.25) is 4.79 Å². The van der Waals surface area contributed by atoms with Crippen molar-refractivity contribution in [1.82, 2.24) is 9.62 Å². The molecule has 0 aliphatic carbocycles. The van der Waals surface area contributed by atoms with Crippen LogP contribution < -0.4 is 10.1 Å². The Hall–Kier alpha value is -2.09. The van der Waals surface area contributed by atoms with Gasteiger partial charge in [0, 0.05) is 24.7 Å². The number of hydrogen-bond acceptors (Lipinski definition) is 4. The highest BCUT2D eigenvalue weighted by atomic mass is 35.5.